The summed E-state index contributed by atoms with van der Waals surface area (Å²) in [6.07, 6.45) is 2.83. The van der Waals surface area contributed by atoms with E-state index in [9.17, 15) is 21.6 Å². The highest BCUT2D eigenvalue weighted by atomic mass is 32.2. The summed E-state index contributed by atoms with van der Waals surface area (Å²) in [6, 6.07) is 3.87. The number of sulfonamides is 1. The molecule has 4 heterocycles. The topological polar surface area (TPSA) is 83.9 Å². The zero-order chi connectivity index (χ0) is 22.4. The molecule has 1 aliphatic rings. The average Bonchev–Trinajstić information content (AvgIpc) is 3.34. The Bertz CT molecular complexity index is 1170. The third-order valence-electron chi connectivity index (χ3n) is 5.95. The van der Waals surface area contributed by atoms with Gasteiger partial charge in [0.15, 0.2) is 0 Å². The van der Waals surface area contributed by atoms with Crippen molar-refractivity contribution in [3.63, 3.8) is 0 Å². The van der Waals surface area contributed by atoms with Crippen molar-refractivity contribution in [1.82, 2.24) is 24.1 Å². The van der Waals surface area contributed by atoms with Crippen LogP contribution in [-0.2, 0) is 16.6 Å². The van der Waals surface area contributed by atoms with Crippen LogP contribution in [0.25, 0.3) is 11.0 Å². The summed E-state index contributed by atoms with van der Waals surface area (Å²) in [5.74, 6) is 0.208. The van der Waals surface area contributed by atoms with Gasteiger partial charge in [-0.2, -0.15) is 22.6 Å². The van der Waals surface area contributed by atoms with Gasteiger partial charge in [-0.05, 0) is 50.3 Å². The molecule has 0 radical (unpaired) electrons. The summed E-state index contributed by atoms with van der Waals surface area (Å²) in [4.78, 5) is 7.36. The highest BCUT2D eigenvalue weighted by molar-refractivity contribution is 7.89. The van der Waals surface area contributed by atoms with Gasteiger partial charge in [0.05, 0.1) is 18.2 Å². The van der Waals surface area contributed by atoms with E-state index in [1.54, 1.807) is 6.20 Å². The molecule has 31 heavy (non-hydrogen) atoms. The molecule has 1 N–H and O–H groups in total. The summed E-state index contributed by atoms with van der Waals surface area (Å²) in [7, 11) is -3.82. The number of halogens is 3. The van der Waals surface area contributed by atoms with E-state index in [2.05, 4.69) is 15.1 Å². The van der Waals surface area contributed by atoms with Gasteiger partial charge in [0, 0.05) is 37.1 Å². The highest BCUT2D eigenvalue weighted by Crippen LogP contribution is 2.39. The number of aromatic amines is 1. The SMILES string of the molecule is CC(C)(Cn1cc(S(=O)(=O)N2CCC(c3c[nH]c4ncccc34)CC2)cn1)C(F)(F)F. The van der Waals surface area contributed by atoms with Gasteiger partial charge in [0.25, 0.3) is 0 Å². The number of fused-ring (bicyclic) bond motifs is 1. The number of rotatable bonds is 5. The lowest BCUT2D eigenvalue weighted by Crippen LogP contribution is -2.38. The number of pyridine rings is 1. The second kappa shape index (κ2) is 7.63. The fourth-order valence-corrected chi connectivity index (χ4v) is 5.35. The Hall–Kier alpha value is -2.40. The zero-order valence-corrected chi connectivity index (χ0v) is 18.0. The first-order valence-corrected chi connectivity index (χ1v) is 11.4. The van der Waals surface area contributed by atoms with Crippen LogP contribution in [0, 0.1) is 5.41 Å². The molecular weight excluding hydrogens is 431 g/mol. The lowest BCUT2D eigenvalue weighted by atomic mass is 9.90. The Labute approximate surface area is 178 Å². The largest absolute Gasteiger partial charge is 0.395 e. The van der Waals surface area contributed by atoms with Crippen LogP contribution in [0.2, 0.25) is 0 Å². The quantitative estimate of drug-likeness (QED) is 0.632. The summed E-state index contributed by atoms with van der Waals surface area (Å²) in [5.41, 5.74) is -0.0869. The molecule has 168 valence electrons. The van der Waals surface area contributed by atoms with Crippen molar-refractivity contribution in [2.75, 3.05) is 13.1 Å². The van der Waals surface area contributed by atoms with E-state index in [0.29, 0.717) is 25.9 Å². The normalized spacial score (nSPS) is 17.5. The molecule has 4 rings (SSSR count). The summed E-state index contributed by atoms with van der Waals surface area (Å²) < 4.78 is 67.8. The molecule has 1 saturated heterocycles. The van der Waals surface area contributed by atoms with Crippen molar-refractivity contribution < 1.29 is 21.6 Å². The molecule has 0 atom stereocenters. The number of hydrogen-bond acceptors (Lipinski definition) is 4. The van der Waals surface area contributed by atoms with Crippen LogP contribution in [0.3, 0.4) is 0 Å². The van der Waals surface area contributed by atoms with Crippen LogP contribution in [0.15, 0.2) is 41.8 Å². The Kier molecular flexibility index (Phi) is 5.37. The van der Waals surface area contributed by atoms with Crippen molar-refractivity contribution in [1.29, 1.82) is 0 Å². The molecule has 0 saturated carbocycles. The Morgan fingerprint density at radius 3 is 2.61 bits per heavy atom. The maximum Gasteiger partial charge on any atom is 0.395 e. The Morgan fingerprint density at radius 2 is 1.94 bits per heavy atom. The van der Waals surface area contributed by atoms with Gasteiger partial charge in [0.2, 0.25) is 10.0 Å². The number of nitrogens with zero attached hydrogens (tertiary/aromatic N) is 4. The molecule has 0 spiro atoms. The molecule has 1 fully saturated rings. The van der Waals surface area contributed by atoms with Crippen LogP contribution in [0.5, 0.6) is 0 Å². The van der Waals surface area contributed by atoms with E-state index in [0.717, 1.165) is 41.3 Å². The van der Waals surface area contributed by atoms with E-state index in [-0.39, 0.29) is 10.8 Å². The smallest absolute Gasteiger partial charge is 0.346 e. The first-order chi connectivity index (χ1) is 14.5. The van der Waals surface area contributed by atoms with Gasteiger partial charge >= 0.3 is 6.18 Å². The molecule has 0 unspecified atom stereocenters. The predicted octanol–water partition coefficient (Wildman–Crippen LogP) is 3.92. The van der Waals surface area contributed by atoms with Crippen LogP contribution in [0.1, 0.15) is 38.2 Å². The van der Waals surface area contributed by atoms with Crippen molar-refractivity contribution in [2.45, 2.75) is 50.2 Å². The Balaban J connectivity index is 1.46. The van der Waals surface area contributed by atoms with E-state index in [1.807, 2.05) is 18.3 Å². The second-order valence-corrected chi connectivity index (χ2v) is 10.5. The van der Waals surface area contributed by atoms with Gasteiger partial charge in [0.1, 0.15) is 10.5 Å². The van der Waals surface area contributed by atoms with Gasteiger partial charge in [-0.1, -0.05) is 0 Å². The van der Waals surface area contributed by atoms with Gasteiger partial charge in [-0.3, -0.25) is 4.68 Å². The molecular formula is C20H24F3N5O2S. The maximum atomic E-state index is 13.1. The number of alkyl halides is 3. The van der Waals surface area contributed by atoms with E-state index in [1.165, 1.54) is 10.5 Å². The molecule has 0 aromatic carbocycles. The minimum absolute atomic E-state index is 0.0831. The van der Waals surface area contributed by atoms with Crippen molar-refractivity contribution in [3.8, 4) is 0 Å². The van der Waals surface area contributed by atoms with Crippen LogP contribution in [-0.4, -0.2) is 51.7 Å². The van der Waals surface area contributed by atoms with Gasteiger partial charge < -0.3 is 4.98 Å². The number of H-pyrrole nitrogens is 1. The number of piperidine rings is 1. The minimum Gasteiger partial charge on any atom is -0.346 e. The average molecular weight is 456 g/mol. The van der Waals surface area contributed by atoms with E-state index in [4.69, 9.17) is 0 Å². The highest BCUT2D eigenvalue weighted by Gasteiger charge is 2.47. The van der Waals surface area contributed by atoms with Crippen LogP contribution >= 0.6 is 0 Å². The lowest BCUT2D eigenvalue weighted by molar-refractivity contribution is -0.216. The number of hydrogen-bond donors (Lipinski definition) is 1. The second-order valence-electron chi connectivity index (χ2n) is 8.58. The molecule has 11 heteroatoms. The van der Waals surface area contributed by atoms with Crippen molar-refractivity contribution in [3.05, 3.63) is 42.5 Å². The molecule has 0 bridgehead atoms. The standard InChI is InChI=1S/C20H24F3N5O2S/c1-19(2,20(21,22)23)13-27-12-15(10-26-27)31(29,30)28-8-5-14(6-9-28)17-11-25-18-16(17)4-3-7-24-18/h3-4,7,10-12,14H,5-6,8-9,13H2,1-2H3,(H,24,25). The molecule has 7 nitrogen and oxygen atoms in total. The third kappa shape index (κ3) is 4.08. The van der Waals surface area contributed by atoms with Crippen LogP contribution < -0.4 is 0 Å². The molecule has 3 aromatic heterocycles. The summed E-state index contributed by atoms with van der Waals surface area (Å²) >= 11 is 0. The first-order valence-electron chi connectivity index (χ1n) is 10.0. The third-order valence-corrected chi connectivity index (χ3v) is 7.80. The molecule has 3 aromatic rings. The van der Waals surface area contributed by atoms with Gasteiger partial charge in [-0.15, -0.1) is 0 Å². The van der Waals surface area contributed by atoms with Crippen molar-refractivity contribution in [2.24, 2.45) is 5.41 Å². The predicted molar refractivity (Wildman–Crippen MR) is 109 cm³/mol. The number of aromatic nitrogens is 4. The summed E-state index contributed by atoms with van der Waals surface area (Å²) in [5, 5.41) is 4.90. The van der Waals surface area contributed by atoms with E-state index >= 15 is 0 Å². The molecule has 0 aliphatic carbocycles. The minimum atomic E-state index is -4.42. The molecule has 1 aliphatic heterocycles. The molecule has 0 amide bonds. The Morgan fingerprint density at radius 1 is 1.23 bits per heavy atom. The number of nitrogens with one attached hydrogen (secondary N) is 1. The monoisotopic (exact) mass is 455 g/mol. The van der Waals surface area contributed by atoms with Crippen molar-refractivity contribution >= 4 is 21.1 Å². The fourth-order valence-electron chi connectivity index (χ4n) is 3.93. The first kappa shape index (κ1) is 21.8. The summed E-state index contributed by atoms with van der Waals surface area (Å²) in [6.45, 7) is 2.34. The fraction of sp³-hybridized carbons (Fsp3) is 0.500. The van der Waals surface area contributed by atoms with Crippen LogP contribution in [0.4, 0.5) is 13.2 Å². The zero-order valence-electron chi connectivity index (χ0n) is 17.2. The maximum absolute atomic E-state index is 13.1. The lowest BCUT2D eigenvalue weighted by Gasteiger charge is -2.30. The van der Waals surface area contributed by atoms with E-state index < -0.39 is 28.2 Å². The van der Waals surface area contributed by atoms with Gasteiger partial charge in [-0.25, -0.2) is 13.4 Å².